The number of rotatable bonds is 11. The van der Waals surface area contributed by atoms with Crippen LogP contribution < -0.4 is 10.6 Å². The standard InChI is InChI=1S/C42H52N8O6/c1-24(2)34(47-40(53)55-5)37(51)49-19-7-8-33(49)36-43-21-31(45-36)29-13-9-27(10-14-29)28-11-15-30(16-12-28)32-22-44-39(46-32)42-18-17-26(20-42)23-50(42)38(52)35(25(3)4)48-41(54)56-6/h9-16,21-22,24-26,33-35H,7-8,17-20,23H2,1-6H3,(H,43,45)(H,44,46)(H,47,53)(H,48,54)/t26-,33+,34+,35+,42+/m1/s1. The number of benzene rings is 2. The van der Waals surface area contributed by atoms with E-state index in [4.69, 9.17) is 14.5 Å². The number of nitrogens with zero attached hydrogens (tertiary/aromatic N) is 4. The fourth-order valence-corrected chi connectivity index (χ4v) is 8.70. The van der Waals surface area contributed by atoms with E-state index in [-0.39, 0.29) is 29.7 Å². The van der Waals surface area contributed by atoms with Crippen molar-refractivity contribution in [3.05, 3.63) is 72.6 Å². The fraction of sp³-hybridized carbons (Fsp3) is 0.476. The van der Waals surface area contributed by atoms with E-state index in [0.717, 1.165) is 77.4 Å². The number of ether oxygens (including phenoxy) is 2. The Hall–Kier alpha value is -5.66. The SMILES string of the molecule is COC(=O)N[C@H](C(=O)N1CCC[C@H]1c1ncc(-c2ccc(-c3ccc(-c4cnc([C@@]56CC[C@@H](CN5C(=O)[C@@H](NC(=O)OC)C(C)C)C6)[nH]4)cc3)cc2)[nH]1)C(C)C. The summed E-state index contributed by atoms with van der Waals surface area (Å²) in [5.41, 5.74) is 5.30. The van der Waals surface area contributed by atoms with Gasteiger partial charge in [0.1, 0.15) is 29.3 Å². The molecule has 5 atom stereocenters. The van der Waals surface area contributed by atoms with Crippen molar-refractivity contribution in [3.8, 4) is 33.6 Å². The summed E-state index contributed by atoms with van der Waals surface area (Å²) in [4.78, 5) is 71.7. The van der Waals surface area contributed by atoms with Gasteiger partial charge >= 0.3 is 12.2 Å². The molecular weight excluding hydrogens is 713 g/mol. The lowest BCUT2D eigenvalue weighted by Crippen LogP contribution is -2.56. The number of hydrogen-bond acceptors (Lipinski definition) is 8. The number of carbonyl (C=O) groups is 4. The molecule has 1 saturated carbocycles. The van der Waals surface area contributed by atoms with E-state index in [1.165, 1.54) is 14.2 Å². The number of imidazole rings is 2. The molecule has 3 fully saturated rings. The van der Waals surface area contributed by atoms with Gasteiger partial charge in [0.05, 0.1) is 44.0 Å². The Labute approximate surface area is 327 Å². The van der Waals surface area contributed by atoms with Gasteiger partial charge in [-0.2, -0.15) is 0 Å². The van der Waals surface area contributed by atoms with Crippen LogP contribution in [0.4, 0.5) is 9.59 Å². The molecule has 296 valence electrons. The maximum absolute atomic E-state index is 13.9. The summed E-state index contributed by atoms with van der Waals surface area (Å²) in [6.07, 6.45) is 6.74. The van der Waals surface area contributed by atoms with Crippen LogP contribution in [0.25, 0.3) is 33.6 Å². The van der Waals surface area contributed by atoms with E-state index < -0.39 is 29.8 Å². The number of carbonyl (C=O) groups excluding carboxylic acids is 4. The molecule has 56 heavy (non-hydrogen) atoms. The Bertz CT molecular complexity index is 2060. The van der Waals surface area contributed by atoms with Crippen LogP contribution in [0.2, 0.25) is 0 Å². The maximum atomic E-state index is 13.9. The van der Waals surface area contributed by atoms with Gasteiger partial charge < -0.3 is 39.9 Å². The minimum absolute atomic E-state index is 0.104. The van der Waals surface area contributed by atoms with Crippen molar-refractivity contribution < 1.29 is 28.7 Å². The molecule has 3 aliphatic rings. The number of fused-ring (bicyclic) bond motifs is 2. The molecule has 2 aromatic heterocycles. The highest BCUT2D eigenvalue weighted by molar-refractivity contribution is 5.87. The van der Waals surface area contributed by atoms with Gasteiger partial charge in [-0.05, 0) is 72.1 Å². The lowest BCUT2D eigenvalue weighted by Gasteiger charge is -2.40. The zero-order valence-electron chi connectivity index (χ0n) is 32.9. The largest absolute Gasteiger partial charge is 0.453 e. The lowest BCUT2D eigenvalue weighted by molar-refractivity contribution is -0.140. The van der Waals surface area contributed by atoms with Gasteiger partial charge in [-0.25, -0.2) is 19.6 Å². The summed E-state index contributed by atoms with van der Waals surface area (Å²) in [5, 5.41) is 5.44. The summed E-state index contributed by atoms with van der Waals surface area (Å²) >= 11 is 0. The summed E-state index contributed by atoms with van der Waals surface area (Å²) in [6, 6.07) is 15.0. The molecule has 4 amide bonds. The minimum atomic E-state index is -0.687. The normalized spacial score (nSPS) is 21.4. The molecule has 0 unspecified atom stereocenters. The quantitative estimate of drug-likeness (QED) is 0.136. The highest BCUT2D eigenvalue weighted by Crippen LogP contribution is 2.52. The molecule has 1 aliphatic carbocycles. The van der Waals surface area contributed by atoms with E-state index in [2.05, 4.69) is 74.1 Å². The first-order chi connectivity index (χ1) is 26.9. The topological polar surface area (TPSA) is 175 Å². The molecule has 4 N–H and O–H groups in total. The van der Waals surface area contributed by atoms with Crippen molar-refractivity contribution >= 4 is 24.0 Å². The molecule has 2 aliphatic heterocycles. The van der Waals surface area contributed by atoms with Crippen molar-refractivity contribution in [3.63, 3.8) is 0 Å². The molecule has 4 heterocycles. The Balaban J connectivity index is 1.03. The van der Waals surface area contributed by atoms with E-state index >= 15 is 0 Å². The predicted octanol–water partition coefficient (Wildman–Crippen LogP) is 6.40. The number of amides is 4. The second-order valence-electron chi connectivity index (χ2n) is 16.0. The van der Waals surface area contributed by atoms with E-state index in [0.29, 0.717) is 19.0 Å². The second kappa shape index (κ2) is 15.8. The third-order valence-electron chi connectivity index (χ3n) is 11.8. The molecule has 14 nitrogen and oxygen atoms in total. The van der Waals surface area contributed by atoms with E-state index in [1.54, 1.807) is 6.20 Å². The molecule has 14 heteroatoms. The third kappa shape index (κ3) is 7.36. The number of likely N-dealkylation sites (tertiary alicyclic amines) is 2. The first-order valence-corrected chi connectivity index (χ1v) is 19.5. The summed E-state index contributed by atoms with van der Waals surface area (Å²) in [5.74, 6) is 1.45. The average molecular weight is 765 g/mol. The summed E-state index contributed by atoms with van der Waals surface area (Å²) in [7, 11) is 2.59. The first kappa shape index (κ1) is 38.6. The maximum Gasteiger partial charge on any atom is 0.407 e. The average Bonchev–Trinajstić information content (AvgIpc) is 4.06. The molecular formula is C42H52N8O6. The molecule has 2 bridgehead atoms. The smallest absolute Gasteiger partial charge is 0.407 e. The lowest BCUT2D eigenvalue weighted by atomic mass is 9.93. The van der Waals surface area contributed by atoms with Crippen molar-refractivity contribution in [2.75, 3.05) is 27.3 Å². The van der Waals surface area contributed by atoms with Crippen LogP contribution in [-0.2, 0) is 24.6 Å². The number of aromatic nitrogens is 4. The van der Waals surface area contributed by atoms with Crippen molar-refractivity contribution in [2.24, 2.45) is 17.8 Å². The van der Waals surface area contributed by atoms with Crippen LogP contribution in [-0.4, -0.2) is 93.1 Å². The summed E-state index contributed by atoms with van der Waals surface area (Å²) < 4.78 is 9.57. The Kier molecular flexibility index (Phi) is 10.9. The molecule has 0 spiro atoms. The van der Waals surface area contributed by atoms with Gasteiger partial charge in [0.2, 0.25) is 11.8 Å². The molecule has 0 radical (unpaired) electrons. The number of hydrogen-bond donors (Lipinski definition) is 4. The highest BCUT2D eigenvalue weighted by atomic mass is 16.5. The fourth-order valence-electron chi connectivity index (χ4n) is 8.70. The zero-order valence-corrected chi connectivity index (χ0v) is 32.9. The van der Waals surface area contributed by atoms with Crippen LogP contribution in [0.1, 0.15) is 77.5 Å². The van der Waals surface area contributed by atoms with Crippen molar-refractivity contribution in [2.45, 2.75) is 83.5 Å². The van der Waals surface area contributed by atoms with E-state index in [1.807, 2.05) is 43.7 Å². The van der Waals surface area contributed by atoms with Crippen LogP contribution in [0.15, 0.2) is 60.9 Å². The third-order valence-corrected chi connectivity index (χ3v) is 11.8. The molecule has 7 rings (SSSR count). The number of methoxy groups -OCH3 is 2. The van der Waals surface area contributed by atoms with Gasteiger partial charge in [0.15, 0.2) is 0 Å². The van der Waals surface area contributed by atoms with Crippen molar-refractivity contribution in [1.29, 1.82) is 0 Å². The van der Waals surface area contributed by atoms with Crippen molar-refractivity contribution in [1.82, 2.24) is 40.4 Å². The Morgan fingerprint density at radius 2 is 1.29 bits per heavy atom. The number of nitrogens with one attached hydrogen (secondary N) is 4. The van der Waals surface area contributed by atoms with Gasteiger partial charge in [0, 0.05) is 13.1 Å². The molecule has 4 aromatic rings. The monoisotopic (exact) mass is 764 g/mol. The number of aromatic amines is 2. The van der Waals surface area contributed by atoms with Gasteiger partial charge in [0.25, 0.3) is 0 Å². The van der Waals surface area contributed by atoms with Gasteiger partial charge in [-0.3, -0.25) is 9.59 Å². The number of piperidine rings is 1. The Morgan fingerprint density at radius 3 is 1.84 bits per heavy atom. The highest BCUT2D eigenvalue weighted by Gasteiger charge is 2.56. The van der Waals surface area contributed by atoms with Crippen LogP contribution in [0, 0.1) is 17.8 Å². The molecule has 2 saturated heterocycles. The first-order valence-electron chi connectivity index (χ1n) is 19.5. The summed E-state index contributed by atoms with van der Waals surface area (Å²) in [6.45, 7) is 8.89. The van der Waals surface area contributed by atoms with Gasteiger partial charge in [-0.15, -0.1) is 0 Å². The predicted molar refractivity (Wildman–Crippen MR) is 210 cm³/mol. The van der Waals surface area contributed by atoms with Crippen LogP contribution in [0.5, 0.6) is 0 Å². The second-order valence-corrected chi connectivity index (χ2v) is 16.0. The van der Waals surface area contributed by atoms with Gasteiger partial charge in [-0.1, -0.05) is 76.2 Å². The number of alkyl carbamates (subject to hydrolysis) is 2. The minimum Gasteiger partial charge on any atom is -0.453 e. The zero-order chi connectivity index (χ0) is 39.7. The Morgan fingerprint density at radius 1 is 0.750 bits per heavy atom. The van der Waals surface area contributed by atoms with Crippen LogP contribution in [0.3, 0.4) is 0 Å². The van der Waals surface area contributed by atoms with Crippen LogP contribution >= 0.6 is 0 Å². The number of H-pyrrole nitrogens is 2. The van der Waals surface area contributed by atoms with E-state index in [9.17, 15) is 19.2 Å². The molecule has 2 aromatic carbocycles.